The number of hydrogen-bond acceptors (Lipinski definition) is 3. The van der Waals surface area contributed by atoms with Crippen LogP contribution in [0, 0.1) is 0 Å². The van der Waals surface area contributed by atoms with Crippen LogP contribution in [0.25, 0.3) is 5.69 Å². The van der Waals surface area contributed by atoms with Crippen LogP contribution in [0.4, 0.5) is 12.9 Å². The number of rotatable bonds is 4. The average Bonchev–Trinajstić information content (AvgIpc) is 2.75. The predicted octanol–water partition coefficient (Wildman–Crippen LogP) is 2.03. The van der Waals surface area contributed by atoms with Gasteiger partial charge < -0.3 is 17.7 Å². The fourth-order valence-corrected chi connectivity index (χ4v) is 1.19. The van der Waals surface area contributed by atoms with Gasteiger partial charge in [-0.3, -0.25) is 0 Å². The van der Waals surface area contributed by atoms with Crippen molar-refractivity contribution in [1.82, 2.24) is 14.8 Å². The number of ether oxygens (including phenoxy) is 1. The van der Waals surface area contributed by atoms with Gasteiger partial charge in [0.25, 0.3) is 0 Å². The van der Waals surface area contributed by atoms with Crippen LogP contribution in [0.5, 0.6) is 6.01 Å². The second kappa shape index (κ2) is 4.48. The summed E-state index contributed by atoms with van der Waals surface area (Å²) in [5, 5.41) is 3.78. The lowest BCUT2D eigenvalue weighted by Gasteiger charge is -2.12. The Balaban J connectivity index is 2.07. The van der Waals surface area contributed by atoms with E-state index in [1.54, 1.807) is 24.3 Å². The molecular formula is C9H8BF3N3O-. The largest absolute Gasteiger partial charge is 0.515 e. The van der Waals surface area contributed by atoms with Gasteiger partial charge in [0.1, 0.15) is 6.33 Å². The minimum absolute atomic E-state index is 0.284. The lowest BCUT2D eigenvalue weighted by molar-refractivity contribution is 0.293. The molecular weight excluding hydrogens is 234 g/mol. The quantitative estimate of drug-likeness (QED) is 0.770. The fourth-order valence-electron chi connectivity index (χ4n) is 1.19. The third kappa shape index (κ3) is 3.23. The van der Waals surface area contributed by atoms with Crippen molar-refractivity contribution in [2.45, 2.75) is 0 Å². The van der Waals surface area contributed by atoms with Crippen LogP contribution in [-0.2, 0) is 0 Å². The first-order valence-electron chi connectivity index (χ1n) is 4.85. The monoisotopic (exact) mass is 242 g/mol. The number of halogens is 3. The molecule has 0 fully saturated rings. The van der Waals surface area contributed by atoms with Gasteiger partial charge >= 0.3 is 13.0 Å². The number of hydrogen-bond donors (Lipinski definition) is 0. The zero-order valence-corrected chi connectivity index (χ0v) is 8.63. The maximum Gasteiger partial charge on any atom is 0.515 e. The molecule has 2 aromatic rings. The van der Waals surface area contributed by atoms with E-state index in [0.29, 0.717) is 5.69 Å². The van der Waals surface area contributed by atoms with E-state index in [0.717, 1.165) is 0 Å². The average molecular weight is 242 g/mol. The molecule has 0 spiro atoms. The molecule has 0 radical (unpaired) electrons. The van der Waals surface area contributed by atoms with E-state index in [2.05, 4.69) is 14.8 Å². The zero-order valence-electron chi connectivity index (χ0n) is 8.63. The molecule has 1 aromatic heterocycles. The Morgan fingerprint density at radius 2 is 1.88 bits per heavy atom. The third-order valence-electron chi connectivity index (χ3n) is 1.89. The Kier molecular flexibility index (Phi) is 3.03. The number of aromatic nitrogens is 3. The second-order valence-electron chi connectivity index (χ2n) is 3.33. The summed E-state index contributed by atoms with van der Waals surface area (Å²) in [4.78, 5) is 3.64. The highest BCUT2D eigenvalue weighted by molar-refractivity contribution is 6.58. The zero-order chi connectivity index (χ0) is 12.3. The molecule has 8 heteroatoms. The Hall–Kier alpha value is -1.99. The molecule has 0 aliphatic carbocycles. The highest BCUT2D eigenvalue weighted by atomic mass is 19.4. The molecule has 0 aliphatic rings. The van der Waals surface area contributed by atoms with Gasteiger partial charge in [-0.05, 0) is 12.1 Å². The van der Waals surface area contributed by atoms with E-state index in [9.17, 15) is 12.9 Å². The SMILES string of the molecule is F[B-](F)(F)COc1ncn(-c2ccccc2)n1. The molecule has 4 nitrogen and oxygen atoms in total. The van der Waals surface area contributed by atoms with Gasteiger partial charge in [0, 0.05) is 0 Å². The second-order valence-corrected chi connectivity index (χ2v) is 3.33. The summed E-state index contributed by atoms with van der Waals surface area (Å²) in [6.07, 6.45) is 1.30. The fraction of sp³-hybridized carbons (Fsp3) is 0.111. The summed E-state index contributed by atoms with van der Waals surface area (Å²) < 4.78 is 41.6. The van der Waals surface area contributed by atoms with Crippen LogP contribution in [0.2, 0.25) is 0 Å². The molecule has 0 aliphatic heterocycles. The molecule has 2 rings (SSSR count). The number of para-hydroxylation sites is 1. The van der Waals surface area contributed by atoms with E-state index < -0.39 is 13.5 Å². The van der Waals surface area contributed by atoms with Crippen LogP contribution < -0.4 is 4.74 Å². The first-order valence-corrected chi connectivity index (χ1v) is 4.85. The normalized spacial score (nSPS) is 11.5. The van der Waals surface area contributed by atoms with Crippen molar-refractivity contribution in [3.8, 4) is 11.7 Å². The lowest BCUT2D eigenvalue weighted by atomic mass is 9.95. The standard InChI is InChI=1S/C9H8BF3N3O/c11-10(12,13)6-17-9-14-7-16(15-9)8-4-2-1-3-5-8/h1-5,7H,6H2/q-1. The van der Waals surface area contributed by atoms with Crippen LogP contribution in [-0.4, -0.2) is 28.2 Å². The van der Waals surface area contributed by atoms with Gasteiger partial charge in [-0.25, -0.2) is 4.68 Å². The van der Waals surface area contributed by atoms with Crippen molar-refractivity contribution in [1.29, 1.82) is 0 Å². The Labute approximate surface area is 95.1 Å². The first-order chi connectivity index (χ1) is 8.04. The van der Waals surface area contributed by atoms with E-state index >= 15 is 0 Å². The highest BCUT2D eigenvalue weighted by Gasteiger charge is 2.24. The molecule has 1 heterocycles. The topological polar surface area (TPSA) is 39.9 Å². The molecule has 0 saturated heterocycles. The molecule has 1 aromatic carbocycles. The summed E-state index contributed by atoms with van der Waals surface area (Å²) in [5.74, 6) is 0. The van der Waals surface area contributed by atoms with Crippen molar-refractivity contribution >= 4 is 6.98 Å². The van der Waals surface area contributed by atoms with Crippen molar-refractivity contribution in [3.63, 3.8) is 0 Å². The molecule has 17 heavy (non-hydrogen) atoms. The van der Waals surface area contributed by atoms with Crippen LogP contribution in [0.1, 0.15) is 0 Å². The maximum absolute atomic E-state index is 11.9. The van der Waals surface area contributed by atoms with Gasteiger partial charge in [-0.1, -0.05) is 18.2 Å². The highest BCUT2D eigenvalue weighted by Crippen LogP contribution is 2.12. The van der Waals surface area contributed by atoms with E-state index in [-0.39, 0.29) is 6.01 Å². The molecule has 0 atom stereocenters. The minimum atomic E-state index is -4.99. The van der Waals surface area contributed by atoms with Gasteiger partial charge in [0.15, 0.2) is 0 Å². The minimum Gasteiger partial charge on any atom is -0.492 e. The maximum atomic E-state index is 11.9. The summed E-state index contributed by atoms with van der Waals surface area (Å²) in [5.41, 5.74) is 0.701. The van der Waals surface area contributed by atoms with Crippen LogP contribution in [0.15, 0.2) is 36.7 Å². The van der Waals surface area contributed by atoms with E-state index in [1.807, 2.05) is 6.07 Å². The van der Waals surface area contributed by atoms with Crippen molar-refractivity contribution in [2.24, 2.45) is 0 Å². The summed E-state index contributed by atoms with van der Waals surface area (Å²) >= 11 is 0. The van der Waals surface area contributed by atoms with Gasteiger partial charge in [-0.2, -0.15) is 4.98 Å². The first kappa shape index (κ1) is 11.5. The number of nitrogens with zero attached hydrogens (tertiary/aromatic N) is 3. The molecule has 0 unspecified atom stereocenters. The van der Waals surface area contributed by atoms with Gasteiger partial charge in [-0.15, -0.1) is 5.10 Å². The number of benzene rings is 1. The van der Waals surface area contributed by atoms with Crippen molar-refractivity contribution in [2.75, 3.05) is 6.51 Å². The Bertz CT molecular complexity index is 486. The Morgan fingerprint density at radius 3 is 2.53 bits per heavy atom. The summed E-state index contributed by atoms with van der Waals surface area (Å²) in [7, 11) is 0. The molecule has 0 saturated carbocycles. The van der Waals surface area contributed by atoms with Crippen molar-refractivity contribution < 1.29 is 17.7 Å². The van der Waals surface area contributed by atoms with Crippen LogP contribution in [0.3, 0.4) is 0 Å². The smallest absolute Gasteiger partial charge is 0.492 e. The summed E-state index contributed by atoms with van der Waals surface area (Å²) in [6.45, 7) is -6.32. The predicted molar refractivity (Wildman–Crippen MR) is 55.9 cm³/mol. The molecule has 0 amide bonds. The molecule has 90 valence electrons. The summed E-state index contributed by atoms with van der Waals surface area (Å²) in [6, 6.07) is 8.63. The molecule has 0 bridgehead atoms. The Morgan fingerprint density at radius 1 is 1.18 bits per heavy atom. The van der Waals surface area contributed by atoms with Gasteiger partial charge in [0.05, 0.1) is 12.2 Å². The lowest BCUT2D eigenvalue weighted by Crippen LogP contribution is -2.26. The molecule has 0 N–H and O–H groups in total. The third-order valence-corrected chi connectivity index (χ3v) is 1.89. The van der Waals surface area contributed by atoms with E-state index in [1.165, 1.54) is 11.0 Å². The van der Waals surface area contributed by atoms with Gasteiger partial charge in [0.2, 0.25) is 0 Å². The van der Waals surface area contributed by atoms with Crippen LogP contribution >= 0.6 is 0 Å². The van der Waals surface area contributed by atoms with Crippen molar-refractivity contribution in [3.05, 3.63) is 36.7 Å². The van der Waals surface area contributed by atoms with E-state index in [4.69, 9.17) is 0 Å².